The summed E-state index contributed by atoms with van der Waals surface area (Å²) in [5, 5.41) is 7.61. The third-order valence-corrected chi connectivity index (χ3v) is 6.13. The van der Waals surface area contributed by atoms with Crippen LogP contribution >= 0.6 is 0 Å². The first kappa shape index (κ1) is 22.7. The van der Waals surface area contributed by atoms with E-state index in [1.165, 1.54) is 28.4 Å². The Hall–Kier alpha value is -3.48. The zero-order chi connectivity index (χ0) is 23.2. The highest BCUT2D eigenvalue weighted by Crippen LogP contribution is 2.22. The van der Waals surface area contributed by atoms with Crippen LogP contribution in [0.3, 0.4) is 0 Å². The molecule has 33 heavy (non-hydrogen) atoms. The van der Waals surface area contributed by atoms with Crippen molar-refractivity contribution in [1.29, 1.82) is 0 Å². The predicted molar refractivity (Wildman–Crippen MR) is 127 cm³/mol. The van der Waals surface area contributed by atoms with Crippen molar-refractivity contribution in [2.75, 3.05) is 18.0 Å². The van der Waals surface area contributed by atoms with Gasteiger partial charge < -0.3 is 10.2 Å². The molecule has 1 saturated heterocycles. The summed E-state index contributed by atoms with van der Waals surface area (Å²) >= 11 is 0. The van der Waals surface area contributed by atoms with Gasteiger partial charge in [0.2, 0.25) is 5.91 Å². The summed E-state index contributed by atoms with van der Waals surface area (Å²) in [4.78, 5) is 27.1. The molecule has 0 radical (unpaired) electrons. The molecule has 2 heterocycles. The topological polar surface area (TPSA) is 67.2 Å². The highest BCUT2D eigenvalue weighted by Gasteiger charge is 2.26. The lowest BCUT2D eigenvalue weighted by Crippen LogP contribution is -2.43. The van der Waals surface area contributed by atoms with Crippen LogP contribution in [-0.4, -0.2) is 34.8 Å². The van der Waals surface area contributed by atoms with Crippen molar-refractivity contribution in [3.8, 4) is 5.69 Å². The quantitative estimate of drug-likeness (QED) is 0.598. The summed E-state index contributed by atoms with van der Waals surface area (Å²) in [6.45, 7) is 3.39. The van der Waals surface area contributed by atoms with Gasteiger partial charge in [-0.1, -0.05) is 36.4 Å². The van der Waals surface area contributed by atoms with Gasteiger partial charge in [0.1, 0.15) is 11.6 Å². The molecule has 0 saturated carbocycles. The summed E-state index contributed by atoms with van der Waals surface area (Å²) < 4.78 is 14.8. The monoisotopic (exact) mass is 448 g/mol. The summed E-state index contributed by atoms with van der Waals surface area (Å²) in [5.74, 6) is 0.299. The maximum Gasteiger partial charge on any atom is 0.271 e. The van der Waals surface area contributed by atoms with Crippen LogP contribution in [0.25, 0.3) is 5.69 Å². The van der Waals surface area contributed by atoms with Gasteiger partial charge in [-0.2, -0.15) is 4.68 Å². The molecule has 2 aromatic carbocycles. The fourth-order valence-corrected chi connectivity index (χ4v) is 4.19. The molecule has 1 aliphatic rings. The molecule has 0 unspecified atom stereocenters. The number of hydrogen-bond donors (Lipinski definition) is 1. The van der Waals surface area contributed by atoms with Gasteiger partial charge in [0.05, 0.1) is 5.69 Å². The van der Waals surface area contributed by atoms with E-state index in [-0.39, 0.29) is 23.4 Å². The van der Waals surface area contributed by atoms with Crippen LogP contribution in [0.4, 0.5) is 10.2 Å². The predicted octanol–water partition coefficient (Wildman–Crippen LogP) is 3.73. The van der Waals surface area contributed by atoms with Crippen molar-refractivity contribution in [2.24, 2.45) is 5.92 Å². The van der Waals surface area contributed by atoms with Crippen LogP contribution in [0.5, 0.6) is 0 Å². The lowest BCUT2D eigenvalue weighted by molar-refractivity contribution is -0.126. The second kappa shape index (κ2) is 10.4. The Morgan fingerprint density at radius 2 is 1.85 bits per heavy atom. The fourth-order valence-electron chi connectivity index (χ4n) is 4.19. The Morgan fingerprint density at radius 1 is 1.09 bits per heavy atom. The van der Waals surface area contributed by atoms with Gasteiger partial charge >= 0.3 is 0 Å². The number of hydrogen-bond acceptors (Lipinski definition) is 4. The van der Waals surface area contributed by atoms with Gasteiger partial charge in [0.15, 0.2) is 0 Å². The molecule has 3 aromatic rings. The molecule has 1 fully saturated rings. The van der Waals surface area contributed by atoms with E-state index in [0.29, 0.717) is 24.6 Å². The third kappa shape index (κ3) is 5.86. The first-order valence-corrected chi connectivity index (χ1v) is 11.4. The number of piperidine rings is 1. The number of rotatable bonds is 7. The van der Waals surface area contributed by atoms with E-state index >= 15 is 0 Å². The van der Waals surface area contributed by atoms with E-state index in [1.54, 1.807) is 18.2 Å². The first-order valence-electron chi connectivity index (χ1n) is 11.4. The van der Waals surface area contributed by atoms with Crippen molar-refractivity contribution in [1.82, 2.24) is 15.1 Å². The number of benzene rings is 2. The van der Waals surface area contributed by atoms with E-state index in [9.17, 15) is 14.0 Å². The minimum atomic E-state index is -0.420. The maximum atomic E-state index is 13.6. The van der Waals surface area contributed by atoms with Gasteiger partial charge in [0.25, 0.3) is 5.56 Å². The number of aryl methyl sites for hydroxylation is 1. The first-order chi connectivity index (χ1) is 16.0. The molecule has 4 rings (SSSR count). The molecule has 0 bridgehead atoms. The average Bonchev–Trinajstić information content (AvgIpc) is 2.84. The molecule has 1 N–H and O–H groups in total. The number of aromatic nitrogens is 2. The molecule has 172 valence electrons. The van der Waals surface area contributed by atoms with Crippen LogP contribution in [0, 0.1) is 11.7 Å². The van der Waals surface area contributed by atoms with E-state index in [2.05, 4.69) is 34.4 Å². The zero-order valence-electron chi connectivity index (χ0n) is 18.8. The molecule has 7 heteroatoms. The average molecular weight is 449 g/mol. The molecule has 0 aliphatic carbocycles. The molecule has 1 atom stereocenters. The molecule has 1 aliphatic heterocycles. The van der Waals surface area contributed by atoms with Crippen LogP contribution in [-0.2, 0) is 11.2 Å². The van der Waals surface area contributed by atoms with E-state index in [0.717, 1.165) is 25.7 Å². The number of halogens is 1. The number of nitrogens with one attached hydrogen (secondary N) is 1. The Kier molecular flexibility index (Phi) is 7.17. The molecule has 1 amide bonds. The Labute approximate surface area is 193 Å². The SMILES string of the molecule is C[C@@H](CCc1ccccc1)NC(=O)C1CCN(c2ccc(=O)n(-c3cccc(F)c3)n2)CC1. The Balaban J connectivity index is 1.32. The van der Waals surface area contributed by atoms with Crippen molar-refractivity contribution in [3.05, 3.63) is 88.5 Å². The highest BCUT2D eigenvalue weighted by molar-refractivity contribution is 5.79. The normalized spacial score (nSPS) is 15.3. The summed E-state index contributed by atoms with van der Waals surface area (Å²) in [6, 6.07) is 19.4. The molecule has 6 nitrogen and oxygen atoms in total. The van der Waals surface area contributed by atoms with Gasteiger partial charge in [0, 0.05) is 31.1 Å². The number of amides is 1. The lowest BCUT2D eigenvalue weighted by Gasteiger charge is -2.32. The van der Waals surface area contributed by atoms with Crippen molar-refractivity contribution < 1.29 is 9.18 Å². The van der Waals surface area contributed by atoms with E-state index < -0.39 is 5.82 Å². The molecular formula is C26H29FN4O2. The smallest absolute Gasteiger partial charge is 0.271 e. The number of carbonyl (C=O) groups is 1. The number of carbonyl (C=O) groups excluding carboxylic acids is 1. The van der Waals surface area contributed by atoms with Crippen LogP contribution < -0.4 is 15.8 Å². The number of nitrogens with zero attached hydrogens (tertiary/aromatic N) is 3. The standard InChI is InChI=1S/C26H29FN4O2/c1-19(10-11-20-6-3-2-4-7-20)28-26(33)21-14-16-30(17-15-21)24-12-13-25(32)31(29-24)23-9-5-8-22(27)18-23/h2-9,12-13,18-19,21H,10-11,14-17H2,1H3,(H,28,33)/t19-/m0/s1. The highest BCUT2D eigenvalue weighted by atomic mass is 19.1. The van der Waals surface area contributed by atoms with Gasteiger partial charge in [-0.25, -0.2) is 4.39 Å². The zero-order valence-corrected chi connectivity index (χ0v) is 18.8. The van der Waals surface area contributed by atoms with Crippen LogP contribution in [0.15, 0.2) is 71.5 Å². The number of anilines is 1. The molecule has 0 spiro atoms. The Bertz CT molecular complexity index is 1140. The van der Waals surface area contributed by atoms with Gasteiger partial charge in [-0.3, -0.25) is 9.59 Å². The van der Waals surface area contributed by atoms with Crippen molar-refractivity contribution >= 4 is 11.7 Å². The minimum absolute atomic E-state index is 0.0328. The van der Waals surface area contributed by atoms with Crippen molar-refractivity contribution in [2.45, 2.75) is 38.6 Å². The second-order valence-electron chi connectivity index (χ2n) is 8.62. The Morgan fingerprint density at radius 3 is 2.58 bits per heavy atom. The van der Waals surface area contributed by atoms with Crippen molar-refractivity contribution in [3.63, 3.8) is 0 Å². The largest absolute Gasteiger partial charge is 0.355 e. The summed E-state index contributed by atoms with van der Waals surface area (Å²) in [7, 11) is 0. The van der Waals surface area contributed by atoms with Crippen LogP contribution in [0.1, 0.15) is 31.7 Å². The molecule has 1 aromatic heterocycles. The fraction of sp³-hybridized carbons (Fsp3) is 0.346. The van der Waals surface area contributed by atoms with E-state index in [1.807, 2.05) is 18.2 Å². The van der Waals surface area contributed by atoms with E-state index in [4.69, 9.17) is 0 Å². The third-order valence-electron chi connectivity index (χ3n) is 6.13. The van der Waals surface area contributed by atoms with Gasteiger partial charge in [-0.05, 0) is 62.4 Å². The maximum absolute atomic E-state index is 13.6. The second-order valence-corrected chi connectivity index (χ2v) is 8.62. The minimum Gasteiger partial charge on any atom is -0.355 e. The van der Waals surface area contributed by atoms with Crippen LogP contribution in [0.2, 0.25) is 0 Å². The summed E-state index contributed by atoms with van der Waals surface area (Å²) in [6.07, 6.45) is 3.28. The summed E-state index contributed by atoms with van der Waals surface area (Å²) in [5.41, 5.74) is 1.35. The van der Waals surface area contributed by atoms with Gasteiger partial charge in [-0.15, -0.1) is 5.10 Å². The lowest BCUT2D eigenvalue weighted by atomic mass is 9.95. The molecular weight excluding hydrogens is 419 g/mol.